The maximum atomic E-state index is 12.2. The Hall–Kier alpha value is -3.96. The fourth-order valence-corrected chi connectivity index (χ4v) is 8.79. The first-order chi connectivity index (χ1) is 26.1. The highest BCUT2D eigenvalue weighted by Gasteiger charge is 2.51. The topological polar surface area (TPSA) is 129 Å². The monoisotopic (exact) mass is 776 g/mol. The first-order valence-electron chi connectivity index (χ1n) is 17.8. The summed E-state index contributed by atoms with van der Waals surface area (Å²) in [5.74, 6) is 1.41. The minimum Gasteiger partial charge on any atom is -0.497 e. The summed E-state index contributed by atoms with van der Waals surface area (Å²) in [6.07, 6.45) is -1.21. The molecule has 0 amide bonds. The van der Waals surface area contributed by atoms with E-state index < -0.39 is 38.7 Å². The van der Waals surface area contributed by atoms with Crippen molar-refractivity contribution in [1.82, 2.24) is 14.2 Å². The SMILES string of the molecule is COc1ccc(C(OC[C@H]2O[C@@H](n3ccc(=O)[nH]c3=S)[C@@H](OC)C2OP(OCCC#N)N(C(C)C)C(C)C)(c2ccccc2)c2ccc(OC)cc2)cc1. The molecule has 0 bridgehead atoms. The van der Waals surface area contributed by atoms with Crippen molar-refractivity contribution < 1.29 is 32.7 Å². The van der Waals surface area contributed by atoms with E-state index in [4.69, 9.17) is 44.9 Å². The van der Waals surface area contributed by atoms with Gasteiger partial charge in [0.2, 0.25) is 0 Å². The maximum Gasteiger partial charge on any atom is 0.259 e. The number of ether oxygens (including phenoxy) is 5. The van der Waals surface area contributed by atoms with Crippen molar-refractivity contribution in [3.05, 3.63) is 123 Å². The first-order valence-corrected chi connectivity index (χ1v) is 19.3. The lowest BCUT2D eigenvalue weighted by molar-refractivity contribution is -0.0953. The Morgan fingerprint density at radius 3 is 1.96 bits per heavy atom. The lowest BCUT2D eigenvalue weighted by Gasteiger charge is -2.39. The summed E-state index contributed by atoms with van der Waals surface area (Å²) in [6, 6.07) is 29.2. The van der Waals surface area contributed by atoms with Crippen molar-refractivity contribution in [2.24, 2.45) is 0 Å². The predicted molar refractivity (Wildman–Crippen MR) is 209 cm³/mol. The molecule has 0 radical (unpaired) electrons. The number of rotatable bonds is 18. The number of nitriles is 1. The van der Waals surface area contributed by atoms with Gasteiger partial charge in [0.15, 0.2) is 11.0 Å². The number of aromatic nitrogens is 2. The van der Waals surface area contributed by atoms with E-state index in [0.29, 0.717) is 11.5 Å². The zero-order valence-electron chi connectivity index (χ0n) is 31.7. The van der Waals surface area contributed by atoms with Gasteiger partial charge in [-0.3, -0.25) is 14.3 Å². The lowest BCUT2D eigenvalue weighted by Crippen LogP contribution is -2.42. The van der Waals surface area contributed by atoms with Crippen LogP contribution in [0.1, 0.15) is 57.0 Å². The number of benzene rings is 3. The molecule has 1 fully saturated rings. The number of H-pyrrole nitrogens is 1. The van der Waals surface area contributed by atoms with E-state index in [-0.39, 0.29) is 42.0 Å². The average molecular weight is 777 g/mol. The highest BCUT2D eigenvalue weighted by atomic mass is 32.1. The highest BCUT2D eigenvalue weighted by Crippen LogP contribution is 2.51. The molecule has 5 rings (SSSR count). The van der Waals surface area contributed by atoms with E-state index in [9.17, 15) is 10.1 Å². The Balaban J connectivity index is 1.64. The molecule has 1 saturated heterocycles. The minimum absolute atomic E-state index is 0.0232. The van der Waals surface area contributed by atoms with Crippen LogP contribution in [0.25, 0.3) is 0 Å². The third kappa shape index (κ3) is 9.11. The summed E-state index contributed by atoms with van der Waals surface area (Å²) in [4.78, 5) is 14.9. The van der Waals surface area contributed by atoms with Crippen molar-refractivity contribution in [2.45, 2.75) is 76.3 Å². The molecule has 12 nitrogen and oxygen atoms in total. The minimum atomic E-state index is -1.72. The molecule has 4 aromatic rings. The molecule has 2 heterocycles. The third-order valence-corrected chi connectivity index (χ3v) is 11.6. The van der Waals surface area contributed by atoms with Crippen LogP contribution in [-0.2, 0) is 28.9 Å². The smallest absolute Gasteiger partial charge is 0.259 e. The fourth-order valence-electron chi connectivity index (χ4n) is 6.75. The molecule has 1 N–H and O–H groups in total. The molecule has 0 aliphatic carbocycles. The van der Waals surface area contributed by atoms with Crippen LogP contribution >= 0.6 is 20.7 Å². The molecular formula is C40H49N4O8PS. The first kappa shape index (κ1) is 41.2. The average Bonchev–Trinajstić information content (AvgIpc) is 3.51. The molecular weight excluding hydrogens is 728 g/mol. The van der Waals surface area contributed by atoms with E-state index in [1.807, 2.05) is 78.9 Å². The number of hydrogen-bond acceptors (Lipinski definition) is 11. The summed E-state index contributed by atoms with van der Waals surface area (Å²) in [6.45, 7) is 8.51. The van der Waals surface area contributed by atoms with Crippen molar-refractivity contribution in [2.75, 3.05) is 34.5 Å². The molecule has 1 aromatic heterocycles. The fraction of sp³-hybridized carbons (Fsp3) is 0.425. The highest BCUT2D eigenvalue weighted by molar-refractivity contribution is 7.71. The molecule has 2 unspecified atom stereocenters. The van der Waals surface area contributed by atoms with E-state index in [2.05, 4.69) is 43.4 Å². The van der Waals surface area contributed by atoms with Gasteiger partial charge in [-0.15, -0.1) is 0 Å². The summed E-state index contributed by atoms with van der Waals surface area (Å²) < 4.78 is 48.6. The van der Waals surface area contributed by atoms with Gasteiger partial charge in [0.25, 0.3) is 14.1 Å². The van der Waals surface area contributed by atoms with Crippen LogP contribution in [0, 0.1) is 16.1 Å². The second-order valence-electron chi connectivity index (χ2n) is 13.2. The summed E-state index contributed by atoms with van der Waals surface area (Å²) in [7, 11) is 3.13. The van der Waals surface area contributed by atoms with Crippen molar-refractivity contribution in [3.8, 4) is 17.6 Å². The second kappa shape index (κ2) is 19.1. The summed E-state index contributed by atoms with van der Waals surface area (Å²) >= 11 is 5.60. The number of nitrogens with zero attached hydrogens (tertiary/aromatic N) is 3. The molecule has 288 valence electrons. The predicted octanol–water partition coefficient (Wildman–Crippen LogP) is 7.51. The van der Waals surface area contributed by atoms with Gasteiger partial charge in [-0.05, 0) is 80.9 Å². The number of methoxy groups -OCH3 is 3. The van der Waals surface area contributed by atoms with Crippen molar-refractivity contribution in [3.63, 3.8) is 0 Å². The largest absolute Gasteiger partial charge is 0.497 e. The zero-order chi connectivity index (χ0) is 38.8. The van der Waals surface area contributed by atoms with Gasteiger partial charge in [0, 0.05) is 31.5 Å². The third-order valence-electron chi connectivity index (χ3n) is 9.19. The second-order valence-corrected chi connectivity index (χ2v) is 15.0. The van der Waals surface area contributed by atoms with E-state index in [1.54, 1.807) is 32.1 Å². The van der Waals surface area contributed by atoms with Crippen LogP contribution in [0.15, 0.2) is 95.9 Å². The molecule has 54 heavy (non-hydrogen) atoms. The quantitative estimate of drug-likeness (QED) is 0.0467. The van der Waals surface area contributed by atoms with Crippen LogP contribution in [0.2, 0.25) is 0 Å². The van der Waals surface area contributed by atoms with E-state index in [1.165, 1.54) is 6.07 Å². The molecule has 1 aliphatic heterocycles. The van der Waals surface area contributed by atoms with Gasteiger partial charge in [-0.1, -0.05) is 54.6 Å². The summed E-state index contributed by atoms with van der Waals surface area (Å²) in [5, 5.41) is 9.35. The van der Waals surface area contributed by atoms with Gasteiger partial charge < -0.3 is 32.7 Å². The van der Waals surface area contributed by atoms with Crippen molar-refractivity contribution >= 4 is 20.7 Å². The number of nitrogens with one attached hydrogen (secondary N) is 1. The Bertz CT molecular complexity index is 1880. The van der Waals surface area contributed by atoms with Crippen LogP contribution < -0.4 is 15.0 Å². The van der Waals surface area contributed by atoms with Gasteiger partial charge in [-0.25, -0.2) is 4.67 Å². The van der Waals surface area contributed by atoms with Gasteiger partial charge in [0.05, 0.1) is 39.9 Å². The van der Waals surface area contributed by atoms with Crippen LogP contribution in [0.5, 0.6) is 11.5 Å². The number of aromatic amines is 1. The van der Waals surface area contributed by atoms with Gasteiger partial charge in [0.1, 0.15) is 35.4 Å². The molecule has 5 atom stereocenters. The maximum absolute atomic E-state index is 12.2. The molecule has 0 saturated carbocycles. The van der Waals surface area contributed by atoms with Gasteiger partial charge >= 0.3 is 0 Å². The van der Waals surface area contributed by atoms with Crippen LogP contribution in [-0.4, -0.2) is 79.2 Å². The van der Waals surface area contributed by atoms with Crippen LogP contribution in [0.3, 0.4) is 0 Å². The van der Waals surface area contributed by atoms with E-state index in [0.717, 1.165) is 16.7 Å². The molecule has 3 aromatic carbocycles. The Morgan fingerprint density at radius 1 is 0.889 bits per heavy atom. The zero-order valence-corrected chi connectivity index (χ0v) is 33.4. The van der Waals surface area contributed by atoms with Crippen molar-refractivity contribution in [1.29, 1.82) is 5.26 Å². The Kier molecular flexibility index (Phi) is 14.6. The van der Waals surface area contributed by atoms with Crippen LogP contribution in [0.4, 0.5) is 0 Å². The summed E-state index contributed by atoms with van der Waals surface area (Å²) in [5.41, 5.74) is 1.11. The molecule has 14 heteroatoms. The lowest BCUT2D eigenvalue weighted by atomic mass is 9.80. The Morgan fingerprint density at radius 2 is 1.46 bits per heavy atom. The number of hydrogen-bond donors (Lipinski definition) is 1. The normalized spacial score (nSPS) is 19.3. The molecule has 0 spiro atoms. The Labute approximate surface area is 323 Å². The standard InChI is InChI=1S/C40H49N4O8PS/c1-27(2)44(28(3)4)53(50-25-11-23-41)52-36-34(51-38(37(36)48-7)43-24-22-35(45)42-39(43)54)26-49-40(29-12-9-8-10-13-29,30-14-18-32(46-5)19-15-30)31-16-20-33(47-6)21-17-31/h8-10,12-22,24,27-28,34,36-38H,11,25-26H2,1-7H3,(H,42,45,54)/t34-,36?,37+,38-,53?/m1/s1. The van der Waals surface area contributed by atoms with E-state index >= 15 is 0 Å². The molecule has 1 aliphatic rings. The van der Waals surface area contributed by atoms with Gasteiger partial charge in [-0.2, -0.15) is 5.26 Å².